The smallest absolute Gasteiger partial charge is 0.277 e. The minimum absolute atomic E-state index is 0.0923. The summed E-state index contributed by atoms with van der Waals surface area (Å²) in [5, 5.41) is 11.9. The third kappa shape index (κ3) is 3.92. The Morgan fingerprint density at radius 1 is 1.24 bits per heavy atom. The number of nitrogens with one attached hydrogen (secondary N) is 2. The van der Waals surface area contributed by atoms with E-state index in [1.165, 1.54) is 16.9 Å². The maximum absolute atomic E-state index is 12.1. The summed E-state index contributed by atoms with van der Waals surface area (Å²) < 4.78 is 0. The second-order valence-electron chi connectivity index (χ2n) is 6.62. The van der Waals surface area contributed by atoms with Crippen LogP contribution in [0.4, 0.5) is 5.95 Å². The standard InChI is InChI=1S/C17H20N6OS/c1-17(2,3)11-6-4-10(5-7-11)14-20-16(23-22-14)21-15(24)12-9-25-13(8-18)19-12/h4-7,9H,8,18H2,1-3H3,(H2,20,21,22,23,24). The number of aromatic amines is 1. The number of carbonyl (C=O) groups excluding carboxylic acids is 1. The highest BCUT2D eigenvalue weighted by molar-refractivity contribution is 7.09. The number of hydrogen-bond donors (Lipinski definition) is 3. The Hall–Kier alpha value is -2.58. The summed E-state index contributed by atoms with van der Waals surface area (Å²) >= 11 is 1.35. The first-order valence-corrected chi connectivity index (χ1v) is 8.74. The minimum atomic E-state index is -0.357. The Morgan fingerprint density at radius 3 is 2.56 bits per heavy atom. The van der Waals surface area contributed by atoms with Crippen molar-refractivity contribution in [3.8, 4) is 11.4 Å². The van der Waals surface area contributed by atoms with Gasteiger partial charge in [-0.1, -0.05) is 45.0 Å². The average molecular weight is 356 g/mol. The van der Waals surface area contributed by atoms with E-state index in [4.69, 9.17) is 5.73 Å². The fourth-order valence-electron chi connectivity index (χ4n) is 2.25. The normalized spacial score (nSPS) is 11.5. The van der Waals surface area contributed by atoms with E-state index in [0.29, 0.717) is 23.1 Å². The Morgan fingerprint density at radius 2 is 1.96 bits per heavy atom. The molecule has 0 saturated heterocycles. The lowest BCUT2D eigenvalue weighted by atomic mass is 9.87. The molecule has 0 atom stereocenters. The van der Waals surface area contributed by atoms with Gasteiger partial charge in [-0.25, -0.2) is 4.98 Å². The number of anilines is 1. The van der Waals surface area contributed by atoms with Gasteiger partial charge < -0.3 is 5.73 Å². The minimum Gasteiger partial charge on any atom is -0.325 e. The molecule has 2 aromatic heterocycles. The second kappa shape index (κ2) is 6.73. The molecule has 0 saturated carbocycles. The number of thiazole rings is 1. The van der Waals surface area contributed by atoms with Crippen LogP contribution >= 0.6 is 11.3 Å². The number of nitrogens with zero attached hydrogens (tertiary/aromatic N) is 3. The van der Waals surface area contributed by atoms with Crippen LogP contribution in [0.2, 0.25) is 0 Å². The SMILES string of the molecule is CC(C)(C)c1ccc(-c2nc(NC(=O)c3csc(CN)n3)n[nH]2)cc1. The molecule has 7 nitrogen and oxygen atoms in total. The van der Waals surface area contributed by atoms with Crippen molar-refractivity contribution in [2.45, 2.75) is 32.7 Å². The molecule has 0 bridgehead atoms. The maximum atomic E-state index is 12.1. The Labute approximate surface area is 149 Å². The van der Waals surface area contributed by atoms with Crippen molar-refractivity contribution >= 4 is 23.2 Å². The van der Waals surface area contributed by atoms with E-state index in [1.54, 1.807) is 5.38 Å². The van der Waals surface area contributed by atoms with Crippen LogP contribution in [0.25, 0.3) is 11.4 Å². The van der Waals surface area contributed by atoms with Crippen LogP contribution in [0, 0.1) is 0 Å². The number of H-pyrrole nitrogens is 1. The van der Waals surface area contributed by atoms with Gasteiger partial charge in [0, 0.05) is 17.5 Å². The largest absolute Gasteiger partial charge is 0.325 e. The summed E-state index contributed by atoms with van der Waals surface area (Å²) in [6.07, 6.45) is 0. The van der Waals surface area contributed by atoms with Gasteiger partial charge in [-0.2, -0.15) is 4.98 Å². The molecule has 0 aliphatic carbocycles. The average Bonchev–Trinajstić information content (AvgIpc) is 3.23. The van der Waals surface area contributed by atoms with E-state index in [9.17, 15) is 4.79 Å². The predicted octanol–water partition coefficient (Wildman–Crippen LogP) is 2.94. The van der Waals surface area contributed by atoms with Gasteiger partial charge in [-0.15, -0.1) is 16.4 Å². The lowest BCUT2D eigenvalue weighted by Gasteiger charge is -2.18. The number of amides is 1. The molecule has 0 unspecified atom stereocenters. The van der Waals surface area contributed by atoms with Crippen LogP contribution in [0.15, 0.2) is 29.6 Å². The molecular formula is C17H20N6OS. The first kappa shape index (κ1) is 17.2. The summed E-state index contributed by atoms with van der Waals surface area (Å²) in [7, 11) is 0. The van der Waals surface area contributed by atoms with Crippen LogP contribution in [0.3, 0.4) is 0 Å². The van der Waals surface area contributed by atoms with Gasteiger partial charge in [0.05, 0.1) is 0 Å². The summed E-state index contributed by atoms with van der Waals surface area (Å²) in [4.78, 5) is 20.6. The van der Waals surface area contributed by atoms with Gasteiger partial charge in [0.15, 0.2) is 5.82 Å². The Bertz CT molecular complexity index is 875. The van der Waals surface area contributed by atoms with Gasteiger partial charge in [0.1, 0.15) is 10.7 Å². The number of hydrogen-bond acceptors (Lipinski definition) is 6. The summed E-state index contributed by atoms with van der Waals surface area (Å²) in [5.41, 5.74) is 8.05. The van der Waals surface area contributed by atoms with Gasteiger partial charge in [0.25, 0.3) is 5.91 Å². The molecule has 0 fully saturated rings. The number of carbonyl (C=O) groups is 1. The number of benzene rings is 1. The molecule has 0 radical (unpaired) electrons. The van der Waals surface area contributed by atoms with Crippen LogP contribution in [0.1, 0.15) is 41.8 Å². The van der Waals surface area contributed by atoms with Crippen molar-refractivity contribution < 1.29 is 4.79 Å². The molecule has 1 amide bonds. The molecule has 3 rings (SSSR count). The highest BCUT2D eigenvalue weighted by atomic mass is 32.1. The van der Waals surface area contributed by atoms with Crippen molar-refractivity contribution in [2.75, 3.05) is 5.32 Å². The zero-order chi connectivity index (χ0) is 18.0. The quantitative estimate of drug-likeness (QED) is 0.666. The van der Waals surface area contributed by atoms with Crippen LogP contribution in [-0.4, -0.2) is 26.1 Å². The number of nitrogens with two attached hydrogens (primary N) is 1. The molecule has 0 aliphatic heterocycles. The van der Waals surface area contributed by atoms with E-state index in [1.807, 2.05) is 12.1 Å². The zero-order valence-electron chi connectivity index (χ0n) is 14.3. The van der Waals surface area contributed by atoms with E-state index < -0.39 is 0 Å². The van der Waals surface area contributed by atoms with Crippen molar-refractivity contribution in [2.24, 2.45) is 5.73 Å². The zero-order valence-corrected chi connectivity index (χ0v) is 15.1. The molecule has 25 heavy (non-hydrogen) atoms. The second-order valence-corrected chi connectivity index (χ2v) is 7.56. The van der Waals surface area contributed by atoms with Crippen molar-refractivity contribution in [3.63, 3.8) is 0 Å². The van der Waals surface area contributed by atoms with E-state index in [-0.39, 0.29) is 17.3 Å². The predicted molar refractivity (Wildman–Crippen MR) is 98.5 cm³/mol. The van der Waals surface area contributed by atoms with Crippen LogP contribution in [0.5, 0.6) is 0 Å². The molecular weight excluding hydrogens is 336 g/mol. The van der Waals surface area contributed by atoms with Crippen molar-refractivity contribution in [3.05, 3.63) is 45.9 Å². The molecule has 1 aromatic carbocycles. The van der Waals surface area contributed by atoms with Crippen LogP contribution in [-0.2, 0) is 12.0 Å². The first-order chi connectivity index (χ1) is 11.9. The molecule has 3 aromatic rings. The molecule has 0 aliphatic rings. The molecule has 4 N–H and O–H groups in total. The van der Waals surface area contributed by atoms with Crippen molar-refractivity contribution in [1.29, 1.82) is 0 Å². The van der Waals surface area contributed by atoms with Gasteiger partial charge in [-0.05, 0) is 11.0 Å². The third-order valence-corrected chi connectivity index (χ3v) is 4.57. The molecule has 8 heteroatoms. The van der Waals surface area contributed by atoms with Gasteiger partial charge >= 0.3 is 0 Å². The monoisotopic (exact) mass is 356 g/mol. The Kier molecular flexibility index (Phi) is 4.65. The topological polar surface area (TPSA) is 110 Å². The van der Waals surface area contributed by atoms with Crippen molar-refractivity contribution in [1.82, 2.24) is 20.2 Å². The van der Waals surface area contributed by atoms with E-state index in [2.05, 4.69) is 58.4 Å². The third-order valence-electron chi connectivity index (χ3n) is 3.69. The fraction of sp³-hybridized carbons (Fsp3) is 0.294. The summed E-state index contributed by atoms with van der Waals surface area (Å²) in [5.74, 6) is 0.448. The van der Waals surface area contributed by atoms with Crippen LogP contribution < -0.4 is 11.1 Å². The summed E-state index contributed by atoms with van der Waals surface area (Å²) in [6, 6.07) is 8.11. The molecule has 130 valence electrons. The molecule has 0 spiro atoms. The molecule has 2 heterocycles. The van der Waals surface area contributed by atoms with E-state index >= 15 is 0 Å². The Balaban J connectivity index is 1.73. The maximum Gasteiger partial charge on any atom is 0.277 e. The van der Waals surface area contributed by atoms with E-state index in [0.717, 1.165) is 5.56 Å². The lowest BCUT2D eigenvalue weighted by molar-refractivity contribution is 0.102. The van der Waals surface area contributed by atoms with Gasteiger partial charge in [-0.3, -0.25) is 15.2 Å². The number of rotatable bonds is 4. The lowest BCUT2D eigenvalue weighted by Crippen LogP contribution is -2.13. The highest BCUT2D eigenvalue weighted by Crippen LogP contribution is 2.25. The highest BCUT2D eigenvalue weighted by Gasteiger charge is 2.15. The first-order valence-electron chi connectivity index (χ1n) is 7.86. The summed E-state index contributed by atoms with van der Waals surface area (Å²) in [6.45, 7) is 6.81. The number of aromatic nitrogens is 4. The van der Waals surface area contributed by atoms with Gasteiger partial charge in [0.2, 0.25) is 5.95 Å². The fourth-order valence-corrected chi connectivity index (χ4v) is 2.90.